The number of carbonyl (C=O) groups excluding carboxylic acids is 1. The standard InChI is InChI=1S/C21H26Cl2N2OS2/c1-21(2,27)14-25(3)11-12-28-19(13-26)15-7-4-5-10-18(15)24-20-16(22)8-6-9-17(20)23/h4-10,13,19,24,27H,11-12,14H2,1-3H3. The summed E-state index contributed by atoms with van der Waals surface area (Å²) in [5.74, 6) is 0.838. The van der Waals surface area contributed by atoms with Gasteiger partial charge in [-0.3, -0.25) is 0 Å². The van der Waals surface area contributed by atoms with E-state index in [1.807, 2.05) is 24.3 Å². The van der Waals surface area contributed by atoms with Crippen molar-refractivity contribution in [1.29, 1.82) is 0 Å². The second kappa shape index (κ2) is 10.8. The zero-order valence-electron chi connectivity index (χ0n) is 16.3. The topological polar surface area (TPSA) is 32.3 Å². The molecule has 2 aromatic carbocycles. The maximum atomic E-state index is 11.8. The van der Waals surface area contributed by atoms with Crippen LogP contribution in [0, 0.1) is 0 Å². The molecule has 0 saturated carbocycles. The molecule has 0 amide bonds. The third-order valence-electron chi connectivity index (χ3n) is 4.04. The maximum absolute atomic E-state index is 11.8. The molecule has 7 heteroatoms. The Morgan fingerprint density at radius 1 is 1.18 bits per heavy atom. The van der Waals surface area contributed by atoms with Gasteiger partial charge in [-0.25, -0.2) is 0 Å². The second-order valence-corrected chi connectivity index (χ2v) is 10.6. The maximum Gasteiger partial charge on any atom is 0.137 e. The summed E-state index contributed by atoms with van der Waals surface area (Å²) in [4.78, 5) is 14.1. The summed E-state index contributed by atoms with van der Waals surface area (Å²) in [5.41, 5.74) is 2.38. The van der Waals surface area contributed by atoms with Crippen LogP contribution in [0.25, 0.3) is 0 Å². The Kier molecular flexibility index (Phi) is 9.03. The van der Waals surface area contributed by atoms with Gasteiger partial charge < -0.3 is 15.0 Å². The van der Waals surface area contributed by atoms with Gasteiger partial charge in [-0.1, -0.05) is 47.5 Å². The first-order valence-electron chi connectivity index (χ1n) is 8.99. The first-order valence-corrected chi connectivity index (χ1v) is 11.2. The molecule has 0 fully saturated rings. The van der Waals surface area contributed by atoms with Crippen molar-refractivity contribution in [1.82, 2.24) is 4.90 Å². The Morgan fingerprint density at radius 3 is 2.43 bits per heavy atom. The number of para-hydroxylation sites is 2. The lowest BCUT2D eigenvalue weighted by molar-refractivity contribution is -0.107. The summed E-state index contributed by atoms with van der Waals surface area (Å²) in [5, 5.41) is 4.09. The van der Waals surface area contributed by atoms with Gasteiger partial charge in [-0.05, 0) is 44.7 Å². The first-order chi connectivity index (χ1) is 13.2. The molecule has 28 heavy (non-hydrogen) atoms. The van der Waals surface area contributed by atoms with Crippen LogP contribution in [0.15, 0.2) is 42.5 Å². The van der Waals surface area contributed by atoms with Crippen LogP contribution in [0.5, 0.6) is 0 Å². The van der Waals surface area contributed by atoms with Crippen molar-refractivity contribution in [2.24, 2.45) is 0 Å². The average molecular weight is 457 g/mol. The number of nitrogens with zero attached hydrogens (tertiary/aromatic N) is 1. The third kappa shape index (κ3) is 7.20. The average Bonchev–Trinajstić information content (AvgIpc) is 2.61. The second-order valence-electron chi connectivity index (χ2n) is 7.29. The van der Waals surface area contributed by atoms with Gasteiger partial charge in [0.15, 0.2) is 0 Å². The van der Waals surface area contributed by atoms with Gasteiger partial charge in [0, 0.05) is 29.3 Å². The number of hydrogen-bond donors (Lipinski definition) is 2. The lowest BCUT2D eigenvalue weighted by atomic mass is 10.1. The molecule has 0 radical (unpaired) electrons. The van der Waals surface area contributed by atoms with Crippen molar-refractivity contribution >= 4 is 65.3 Å². The van der Waals surface area contributed by atoms with Crippen molar-refractivity contribution < 1.29 is 4.79 Å². The number of rotatable bonds is 10. The van der Waals surface area contributed by atoms with Crippen LogP contribution < -0.4 is 5.32 Å². The molecule has 0 aliphatic rings. The summed E-state index contributed by atoms with van der Waals surface area (Å²) in [7, 11) is 2.07. The van der Waals surface area contributed by atoms with Crippen molar-refractivity contribution in [2.75, 3.05) is 31.2 Å². The molecule has 152 valence electrons. The van der Waals surface area contributed by atoms with Crippen LogP contribution in [-0.2, 0) is 4.79 Å². The number of aldehydes is 1. The molecule has 0 spiro atoms. The Hall–Kier alpha value is -0.850. The quantitative estimate of drug-likeness (QED) is 0.322. The van der Waals surface area contributed by atoms with E-state index in [2.05, 4.69) is 43.7 Å². The van der Waals surface area contributed by atoms with E-state index >= 15 is 0 Å². The number of thiol groups is 1. The molecule has 3 nitrogen and oxygen atoms in total. The predicted octanol–water partition coefficient (Wildman–Crippen LogP) is 6.35. The number of benzene rings is 2. The molecular weight excluding hydrogens is 431 g/mol. The van der Waals surface area contributed by atoms with E-state index in [-0.39, 0.29) is 10.00 Å². The summed E-state index contributed by atoms with van der Waals surface area (Å²) >= 11 is 18.8. The van der Waals surface area contributed by atoms with Crippen LogP contribution in [0.2, 0.25) is 10.0 Å². The van der Waals surface area contributed by atoms with Gasteiger partial charge in [-0.15, -0.1) is 11.8 Å². The Bertz CT molecular complexity index is 776. The van der Waals surface area contributed by atoms with Crippen LogP contribution in [0.3, 0.4) is 0 Å². The zero-order chi connectivity index (χ0) is 20.7. The fraction of sp³-hybridized carbons (Fsp3) is 0.381. The van der Waals surface area contributed by atoms with Gasteiger partial charge in [0.1, 0.15) is 6.29 Å². The Balaban J connectivity index is 2.10. The van der Waals surface area contributed by atoms with E-state index in [0.717, 1.165) is 36.4 Å². The fourth-order valence-electron chi connectivity index (χ4n) is 2.89. The zero-order valence-corrected chi connectivity index (χ0v) is 19.5. The van der Waals surface area contributed by atoms with Crippen LogP contribution in [0.1, 0.15) is 24.7 Å². The van der Waals surface area contributed by atoms with Crippen LogP contribution in [-0.4, -0.2) is 41.8 Å². The molecular formula is C21H26Cl2N2OS2. The third-order valence-corrected chi connectivity index (χ3v) is 5.95. The van der Waals surface area contributed by atoms with Gasteiger partial charge in [-0.2, -0.15) is 12.6 Å². The van der Waals surface area contributed by atoms with E-state index in [0.29, 0.717) is 15.7 Å². The molecule has 0 bridgehead atoms. The lowest BCUT2D eigenvalue weighted by Gasteiger charge is -2.26. The fourth-order valence-corrected chi connectivity index (χ4v) is 4.76. The van der Waals surface area contributed by atoms with Crippen molar-refractivity contribution in [3.63, 3.8) is 0 Å². The van der Waals surface area contributed by atoms with Crippen molar-refractivity contribution in [3.8, 4) is 0 Å². The molecule has 2 rings (SSSR count). The minimum absolute atomic E-state index is 0.0474. The van der Waals surface area contributed by atoms with Crippen molar-refractivity contribution in [3.05, 3.63) is 58.1 Å². The van der Waals surface area contributed by atoms with E-state index in [1.165, 1.54) is 0 Å². The molecule has 0 aliphatic heterocycles. The molecule has 0 heterocycles. The van der Waals surface area contributed by atoms with Gasteiger partial charge in [0.25, 0.3) is 0 Å². The van der Waals surface area contributed by atoms with E-state index in [9.17, 15) is 4.79 Å². The summed E-state index contributed by atoms with van der Waals surface area (Å²) in [6, 6.07) is 13.1. The highest BCUT2D eigenvalue weighted by atomic mass is 35.5. The minimum atomic E-state index is -0.276. The Labute approximate surface area is 187 Å². The molecule has 2 aromatic rings. The molecule has 0 aromatic heterocycles. The summed E-state index contributed by atoms with van der Waals surface area (Å²) in [6.07, 6.45) is 0.988. The highest BCUT2D eigenvalue weighted by Gasteiger charge is 2.18. The number of nitrogens with one attached hydrogen (secondary N) is 1. The monoisotopic (exact) mass is 456 g/mol. The van der Waals surface area contributed by atoms with Crippen LogP contribution in [0.4, 0.5) is 11.4 Å². The van der Waals surface area contributed by atoms with E-state index in [4.69, 9.17) is 23.2 Å². The number of anilines is 2. The minimum Gasteiger partial charge on any atom is -0.353 e. The highest BCUT2D eigenvalue weighted by Crippen LogP contribution is 2.37. The summed E-state index contributed by atoms with van der Waals surface area (Å²) in [6.45, 7) is 5.95. The molecule has 1 unspecified atom stereocenters. The lowest BCUT2D eigenvalue weighted by Crippen LogP contribution is -2.33. The van der Waals surface area contributed by atoms with Gasteiger partial charge in [0.05, 0.1) is 21.0 Å². The number of thioether (sulfide) groups is 1. The van der Waals surface area contributed by atoms with Gasteiger partial charge >= 0.3 is 0 Å². The SMILES string of the molecule is CN(CCSC(C=O)c1ccccc1Nc1c(Cl)cccc1Cl)CC(C)(C)S. The normalized spacial score (nSPS) is 12.8. The van der Waals surface area contributed by atoms with Gasteiger partial charge in [0.2, 0.25) is 0 Å². The first kappa shape index (κ1) is 23.4. The van der Waals surface area contributed by atoms with E-state index < -0.39 is 0 Å². The van der Waals surface area contributed by atoms with Crippen LogP contribution >= 0.6 is 47.6 Å². The number of halogens is 2. The number of carbonyl (C=O) groups is 1. The number of hydrogen-bond acceptors (Lipinski definition) is 5. The molecule has 1 atom stereocenters. The smallest absolute Gasteiger partial charge is 0.137 e. The Morgan fingerprint density at radius 2 is 1.82 bits per heavy atom. The summed E-state index contributed by atoms with van der Waals surface area (Å²) < 4.78 is -0.0474. The predicted molar refractivity (Wildman–Crippen MR) is 128 cm³/mol. The molecule has 0 saturated heterocycles. The highest BCUT2D eigenvalue weighted by molar-refractivity contribution is 8.00. The van der Waals surface area contributed by atoms with E-state index in [1.54, 1.807) is 30.0 Å². The molecule has 0 aliphatic carbocycles. The largest absolute Gasteiger partial charge is 0.353 e. The molecule has 1 N–H and O–H groups in total. The van der Waals surface area contributed by atoms with Crippen molar-refractivity contribution in [2.45, 2.75) is 23.8 Å².